The van der Waals surface area contributed by atoms with E-state index in [1.54, 1.807) is 4.90 Å². The first kappa shape index (κ1) is 15.2. The first-order chi connectivity index (χ1) is 11.1. The van der Waals surface area contributed by atoms with Gasteiger partial charge in [-0.2, -0.15) is 0 Å². The first-order valence-electron chi connectivity index (χ1n) is 7.59. The zero-order valence-electron chi connectivity index (χ0n) is 13.2. The maximum absolute atomic E-state index is 12.5. The van der Waals surface area contributed by atoms with Crippen LogP contribution in [-0.2, 0) is 17.9 Å². The molecule has 1 aliphatic heterocycles. The van der Waals surface area contributed by atoms with Crippen LogP contribution in [0.3, 0.4) is 0 Å². The van der Waals surface area contributed by atoms with Crippen molar-refractivity contribution in [3.8, 4) is 0 Å². The number of benzene rings is 1. The Kier molecular flexibility index (Phi) is 4.10. The number of fused-ring (bicyclic) bond motifs is 1. The molecule has 7 heteroatoms. The van der Waals surface area contributed by atoms with E-state index >= 15 is 0 Å². The molecule has 2 aromatic rings. The van der Waals surface area contributed by atoms with Gasteiger partial charge in [0.1, 0.15) is 0 Å². The molecule has 1 aromatic carbocycles. The molecule has 1 aliphatic rings. The number of carbonyl (C=O) groups is 2. The average molecular weight is 313 g/mol. The summed E-state index contributed by atoms with van der Waals surface area (Å²) in [6, 6.07) is 9.02. The summed E-state index contributed by atoms with van der Waals surface area (Å²) < 4.78 is 1.98. The van der Waals surface area contributed by atoms with E-state index in [4.69, 9.17) is 0 Å². The normalized spacial score (nSPS) is 15.0. The largest absolute Gasteiger partial charge is 0.347 e. The number of hydrogen-bond acceptors (Lipinski definition) is 4. The number of rotatable bonds is 3. The van der Waals surface area contributed by atoms with E-state index in [1.165, 1.54) is 6.92 Å². The maximum atomic E-state index is 12.5. The van der Waals surface area contributed by atoms with E-state index < -0.39 is 0 Å². The van der Waals surface area contributed by atoms with Crippen molar-refractivity contribution in [3.05, 3.63) is 47.5 Å². The Morgan fingerprint density at radius 2 is 1.91 bits per heavy atom. The second-order valence-electron chi connectivity index (χ2n) is 5.64. The van der Waals surface area contributed by atoms with Crippen molar-refractivity contribution < 1.29 is 9.59 Å². The van der Waals surface area contributed by atoms with Gasteiger partial charge in [0.05, 0.1) is 12.6 Å². The minimum atomic E-state index is -0.204. The lowest BCUT2D eigenvalue weighted by atomic mass is 10.2. The minimum Gasteiger partial charge on any atom is -0.347 e. The molecule has 7 nitrogen and oxygen atoms in total. The fraction of sp³-hybridized carbons (Fsp3) is 0.375. The Morgan fingerprint density at radius 1 is 1.17 bits per heavy atom. The van der Waals surface area contributed by atoms with Crippen molar-refractivity contribution in [2.24, 2.45) is 0 Å². The highest BCUT2D eigenvalue weighted by atomic mass is 16.2. The van der Waals surface area contributed by atoms with Crippen molar-refractivity contribution in [3.63, 3.8) is 0 Å². The number of hydrogen-bond donors (Lipinski definition) is 1. The molecule has 0 saturated heterocycles. The average Bonchev–Trinajstić information content (AvgIpc) is 2.97. The molecule has 1 unspecified atom stereocenters. The van der Waals surface area contributed by atoms with Crippen LogP contribution in [-0.4, -0.2) is 38.0 Å². The lowest BCUT2D eigenvalue weighted by molar-refractivity contribution is -0.119. The van der Waals surface area contributed by atoms with Gasteiger partial charge in [0.2, 0.25) is 5.91 Å². The SMILES string of the molecule is CC(=O)NC(C)c1nnc2n1CCN(C(=O)c1ccccc1)C2. The van der Waals surface area contributed by atoms with Crippen LogP contribution in [0.25, 0.3) is 0 Å². The predicted molar refractivity (Wildman–Crippen MR) is 83.4 cm³/mol. The van der Waals surface area contributed by atoms with Crippen molar-refractivity contribution in [2.75, 3.05) is 6.54 Å². The molecule has 1 aromatic heterocycles. The molecule has 0 fully saturated rings. The third-order valence-corrected chi connectivity index (χ3v) is 3.90. The van der Waals surface area contributed by atoms with Crippen LogP contribution in [0.2, 0.25) is 0 Å². The van der Waals surface area contributed by atoms with E-state index in [1.807, 2.05) is 41.8 Å². The molecule has 1 N–H and O–H groups in total. The van der Waals surface area contributed by atoms with Crippen molar-refractivity contribution in [1.82, 2.24) is 25.0 Å². The fourth-order valence-electron chi connectivity index (χ4n) is 2.81. The van der Waals surface area contributed by atoms with Gasteiger partial charge in [-0.15, -0.1) is 10.2 Å². The standard InChI is InChI=1S/C16H19N5O2/c1-11(17-12(2)22)15-19-18-14-10-20(8-9-21(14)15)16(23)13-6-4-3-5-7-13/h3-7,11H,8-10H2,1-2H3,(H,17,22). The van der Waals surface area contributed by atoms with Crippen molar-refractivity contribution in [1.29, 1.82) is 0 Å². The van der Waals surface area contributed by atoms with Gasteiger partial charge < -0.3 is 14.8 Å². The Morgan fingerprint density at radius 3 is 2.61 bits per heavy atom. The van der Waals surface area contributed by atoms with Crippen LogP contribution in [0.4, 0.5) is 0 Å². The lowest BCUT2D eigenvalue weighted by Crippen LogP contribution is -2.39. The number of amides is 2. The van der Waals surface area contributed by atoms with Crippen molar-refractivity contribution >= 4 is 11.8 Å². The van der Waals surface area contributed by atoms with Crippen molar-refractivity contribution in [2.45, 2.75) is 33.0 Å². The highest BCUT2D eigenvalue weighted by Crippen LogP contribution is 2.18. The van der Waals surface area contributed by atoms with E-state index in [0.717, 1.165) is 11.6 Å². The van der Waals surface area contributed by atoms with Gasteiger partial charge >= 0.3 is 0 Å². The summed E-state index contributed by atoms with van der Waals surface area (Å²) in [4.78, 5) is 25.5. The molecule has 0 spiro atoms. The summed E-state index contributed by atoms with van der Waals surface area (Å²) in [7, 11) is 0. The second kappa shape index (κ2) is 6.20. The Hall–Kier alpha value is -2.70. The Bertz CT molecular complexity index is 725. The summed E-state index contributed by atoms with van der Waals surface area (Å²) in [5, 5.41) is 11.2. The topological polar surface area (TPSA) is 80.1 Å². The summed E-state index contributed by atoms with van der Waals surface area (Å²) in [5.41, 5.74) is 0.673. The molecule has 1 atom stereocenters. The molecule has 0 bridgehead atoms. The molecule has 2 amide bonds. The van der Waals surface area contributed by atoms with Crippen LogP contribution in [0.15, 0.2) is 30.3 Å². The number of nitrogens with one attached hydrogen (secondary N) is 1. The van der Waals surface area contributed by atoms with Crippen LogP contribution in [0.1, 0.15) is 41.9 Å². The van der Waals surface area contributed by atoms with Crippen LogP contribution in [0.5, 0.6) is 0 Å². The minimum absolute atomic E-state index is 0.00342. The van der Waals surface area contributed by atoms with Gasteiger partial charge in [-0.3, -0.25) is 9.59 Å². The third-order valence-electron chi connectivity index (χ3n) is 3.90. The van der Waals surface area contributed by atoms with Gasteiger partial charge in [-0.25, -0.2) is 0 Å². The quantitative estimate of drug-likeness (QED) is 0.921. The Balaban J connectivity index is 1.76. The van der Waals surface area contributed by atoms with Gasteiger partial charge in [0, 0.05) is 25.6 Å². The molecule has 23 heavy (non-hydrogen) atoms. The molecule has 0 aliphatic carbocycles. The second-order valence-corrected chi connectivity index (χ2v) is 5.64. The number of aromatic nitrogens is 3. The third kappa shape index (κ3) is 3.08. The molecular formula is C16H19N5O2. The first-order valence-corrected chi connectivity index (χ1v) is 7.59. The number of carbonyl (C=O) groups excluding carboxylic acids is 2. The summed E-state index contributed by atoms with van der Waals surface area (Å²) in [6.07, 6.45) is 0. The molecule has 2 heterocycles. The highest BCUT2D eigenvalue weighted by molar-refractivity contribution is 5.94. The molecule has 120 valence electrons. The maximum Gasteiger partial charge on any atom is 0.254 e. The monoisotopic (exact) mass is 313 g/mol. The van der Waals surface area contributed by atoms with Gasteiger partial charge in [-0.05, 0) is 19.1 Å². The molecule has 0 radical (unpaired) electrons. The van der Waals surface area contributed by atoms with Crippen LogP contribution < -0.4 is 5.32 Å². The zero-order chi connectivity index (χ0) is 16.4. The van der Waals surface area contributed by atoms with E-state index in [-0.39, 0.29) is 17.9 Å². The highest BCUT2D eigenvalue weighted by Gasteiger charge is 2.26. The molecule has 3 rings (SSSR count). The zero-order valence-corrected chi connectivity index (χ0v) is 13.2. The van der Waals surface area contributed by atoms with Gasteiger partial charge in [0.15, 0.2) is 11.6 Å². The molecule has 0 saturated carbocycles. The predicted octanol–water partition coefficient (Wildman–Crippen LogP) is 1.13. The van der Waals surface area contributed by atoms with Gasteiger partial charge in [0.25, 0.3) is 5.91 Å². The van der Waals surface area contributed by atoms with Gasteiger partial charge in [-0.1, -0.05) is 18.2 Å². The van der Waals surface area contributed by atoms with E-state index in [2.05, 4.69) is 15.5 Å². The smallest absolute Gasteiger partial charge is 0.254 e. The summed E-state index contributed by atoms with van der Waals surface area (Å²) in [5.74, 6) is 1.36. The number of nitrogens with zero attached hydrogens (tertiary/aromatic N) is 4. The lowest BCUT2D eigenvalue weighted by Gasteiger charge is -2.28. The summed E-state index contributed by atoms with van der Waals surface area (Å²) in [6.45, 7) is 5.00. The summed E-state index contributed by atoms with van der Waals surface area (Å²) >= 11 is 0. The van der Waals surface area contributed by atoms with E-state index in [0.29, 0.717) is 25.2 Å². The Labute approximate surface area is 134 Å². The molecular weight excluding hydrogens is 294 g/mol. The fourth-order valence-corrected chi connectivity index (χ4v) is 2.81. The van der Waals surface area contributed by atoms with Crippen LogP contribution in [0, 0.1) is 0 Å². The van der Waals surface area contributed by atoms with Crippen LogP contribution >= 0.6 is 0 Å². The van der Waals surface area contributed by atoms with E-state index in [9.17, 15) is 9.59 Å².